The van der Waals surface area contributed by atoms with Crippen LogP contribution in [-0.4, -0.2) is 54.5 Å². The highest BCUT2D eigenvalue weighted by Gasteiger charge is 2.27. The van der Waals surface area contributed by atoms with Gasteiger partial charge in [-0.05, 0) is 38.0 Å². The van der Waals surface area contributed by atoms with Crippen LogP contribution in [0.5, 0.6) is 5.75 Å². The second-order valence-corrected chi connectivity index (χ2v) is 6.58. The van der Waals surface area contributed by atoms with Gasteiger partial charge in [0.1, 0.15) is 5.75 Å². The zero-order valence-electron chi connectivity index (χ0n) is 14.2. The number of hydrogen-bond donors (Lipinski definition) is 0. The first kappa shape index (κ1) is 16.3. The number of ether oxygens (including phenoxy) is 1. The van der Waals surface area contributed by atoms with Crippen LogP contribution in [0.1, 0.15) is 49.4 Å². The summed E-state index contributed by atoms with van der Waals surface area (Å²) in [5.74, 6) is 0.911. The van der Waals surface area contributed by atoms with E-state index in [9.17, 15) is 4.79 Å². The molecule has 126 valence electrons. The van der Waals surface area contributed by atoms with Crippen molar-refractivity contribution < 1.29 is 9.53 Å². The first-order valence-corrected chi connectivity index (χ1v) is 9.04. The van der Waals surface area contributed by atoms with Crippen molar-refractivity contribution in [1.29, 1.82) is 0 Å². The largest absolute Gasteiger partial charge is 0.494 e. The Hall–Kier alpha value is -1.55. The van der Waals surface area contributed by atoms with Crippen LogP contribution in [0.3, 0.4) is 0 Å². The van der Waals surface area contributed by atoms with Crippen LogP contribution in [0.25, 0.3) is 0 Å². The molecular weight excluding hydrogens is 288 g/mol. The average Bonchev–Trinajstić information content (AvgIpc) is 2.62. The number of benzene rings is 1. The Balaban J connectivity index is 1.56. The van der Waals surface area contributed by atoms with Gasteiger partial charge in [-0.1, -0.05) is 25.3 Å². The third-order valence-corrected chi connectivity index (χ3v) is 5.08. The average molecular weight is 316 g/mol. The van der Waals surface area contributed by atoms with Crippen LogP contribution >= 0.6 is 0 Å². The first-order chi connectivity index (χ1) is 11.3. The molecule has 0 aromatic heterocycles. The van der Waals surface area contributed by atoms with Crippen LogP contribution < -0.4 is 4.74 Å². The summed E-state index contributed by atoms with van der Waals surface area (Å²) in [4.78, 5) is 17.3. The van der Waals surface area contributed by atoms with Gasteiger partial charge in [0, 0.05) is 37.8 Å². The minimum absolute atomic E-state index is 0.134. The molecule has 1 aliphatic carbocycles. The van der Waals surface area contributed by atoms with Gasteiger partial charge >= 0.3 is 0 Å². The predicted octanol–water partition coefficient (Wildman–Crippen LogP) is 3.18. The van der Waals surface area contributed by atoms with E-state index in [1.165, 1.54) is 32.1 Å². The second-order valence-electron chi connectivity index (χ2n) is 6.58. The van der Waals surface area contributed by atoms with Gasteiger partial charge in [-0.15, -0.1) is 0 Å². The molecule has 0 radical (unpaired) electrons. The molecule has 1 aliphatic heterocycles. The lowest BCUT2D eigenvalue weighted by atomic mass is 9.94. The van der Waals surface area contributed by atoms with Crippen LogP contribution in [0.2, 0.25) is 0 Å². The highest BCUT2D eigenvalue weighted by Crippen LogP contribution is 2.24. The summed E-state index contributed by atoms with van der Waals surface area (Å²) >= 11 is 0. The molecule has 1 saturated carbocycles. The summed E-state index contributed by atoms with van der Waals surface area (Å²) in [6.45, 7) is 6.29. The van der Waals surface area contributed by atoms with Crippen LogP contribution in [0.15, 0.2) is 24.3 Å². The molecule has 0 atom stereocenters. The molecule has 1 amide bonds. The van der Waals surface area contributed by atoms with E-state index >= 15 is 0 Å². The minimum Gasteiger partial charge on any atom is -0.494 e. The van der Waals surface area contributed by atoms with Gasteiger partial charge in [-0.25, -0.2) is 0 Å². The SMILES string of the molecule is CCOc1cccc(C(=O)N2CCN(C3CCCCC3)CC2)c1. The topological polar surface area (TPSA) is 32.8 Å². The van der Waals surface area contributed by atoms with Crippen molar-refractivity contribution in [2.24, 2.45) is 0 Å². The van der Waals surface area contributed by atoms with E-state index in [-0.39, 0.29) is 5.91 Å². The molecule has 1 heterocycles. The predicted molar refractivity (Wildman–Crippen MR) is 92.0 cm³/mol. The van der Waals surface area contributed by atoms with Gasteiger partial charge in [0.05, 0.1) is 6.61 Å². The Morgan fingerprint density at radius 2 is 1.87 bits per heavy atom. The normalized spacial score (nSPS) is 20.5. The van der Waals surface area contributed by atoms with E-state index in [1.54, 1.807) is 0 Å². The fourth-order valence-corrected chi connectivity index (χ4v) is 3.80. The van der Waals surface area contributed by atoms with Crippen molar-refractivity contribution in [3.63, 3.8) is 0 Å². The number of carbonyl (C=O) groups is 1. The van der Waals surface area contributed by atoms with E-state index in [2.05, 4.69) is 4.90 Å². The highest BCUT2D eigenvalue weighted by molar-refractivity contribution is 5.94. The van der Waals surface area contributed by atoms with Crippen molar-refractivity contribution in [3.05, 3.63) is 29.8 Å². The van der Waals surface area contributed by atoms with Crippen LogP contribution in [0.4, 0.5) is 0 Å². The molecular formula is C19H28N2O2. The molecule has 1 aromatic carbocycles. The van der Waals surface area contributed by atoms with Crippen molar-refractivity contribution in [2.75, 3.05) is 32.8 Å². The maximum atomic E-state index is 12.7. The third-order valence-electron chi connectivity index (χ3n) is 5.08. The summed E-state index contributed by atoms with van der Waals surface area (Å²) in [5.41, 5.74) is 0.738. The molecule has 1 aromatic rings. The number of carbonyl (C=O) groups excluding carboxylic acids is 1. The fraction of sp³-hybridized carbons (Fsp3) is 0.632. The fourth-order valence-electron chi connectivity index (χ4n) is 3.80. The molecule has 0 bridgehead atoms. The van der Waals surface area contributed by atoms with Gasteiger partial charge in [-0.2, -0.15) is 0 Å². The first-order valence-electron chi connectivity index (χ1n) is 9.04. The lowest BCUT2D eigenvalue weighted by Crippen LogP contribution is -2.52. The summed E-state index contributed by atoms with van der Waals surface area (Å²) in [6.07, 6.45) is 6.81. The van der Waals surface area contributed by atoms with Gasteiger partial charge in [-0.3, -0.25) is 9.69 Å². The maximum absolute atomic E-state index is 12.7. The van der Waals surface area contributed by atoms with Crippen molar-refractivity contribution in [1.82, 2.24) is 9.80 Å². The highest BCUT2D eigenvalue weighted by atomic mass is 16.5. The smallest absolute Gasteiger partial charge is 0.254 e. The lowest BCUT2D eigenvalue weighted by molar-refractivity contribution is 0.0523. The quantitative estimate of drug-likeness (QED) is 0.855. The molecule has 0 unspecified atom stereocenters. The Morgan fingerprint density at radius 1 is 1.13 bits per heavy atom. The molecule has 0 N–H and O–H groups in total. The Kier molecular flexibility index (Phi) is 5.55. The Labute approximate surface area is 139 Å². The number of piperazine rings is 1. The second kappa shape index (κ2) is 7.82. The Bertz CT molecular complexity index is 518. The third kappa shape index (κ3) is 4.05. The minimum atomic E-state index is 0.134. The van der Waals surface area contributed by atoms with Crippen molar-refractivity contribution in [2.45, 2.75) is 45.1 Å². The lowest BCUT2D eigenvalue weighted by Gasteiger charge is -2.40. The summed E-state index contributed by atoms with van der Waals surface area (Å²) < 4.78 is 5.50. The Morgan fingerprint density at radius 3 is 2.57 bits per heavy atom. The van der Waals surface area contributed by atoms with Gasteiger partial charge in [0.25, 0.3) is 5.91 Å². The standard InChI is InChI=1S/C19H28N2O2/c1-2-23-18-10-6-7-16(15-18)19(22)21-13-11-20(12-14-21)17-8-4-3-5-9-17/h6-7,10,15,17H,2-5,8-9,11-14H2,1H3. The van der Waals surface area contributed by atoms with E-state index in [1.807, 2.05) is 36.1 Å². The molecule has 4 nitrogen and oxygen atoms in total. The molecule has 2 fully saturated rings. The zero-order chi connectivity index (χ0) is 16.1. The van der Waals surface area contributed by atoms with Crippen molar-refractivity contribution >= 4 is 5.91 Å². The van der Waals surface area contributed by atoms with E-state index in [4.69, 9.17) is 4.74 Å². The molecule has 1 saturated heterocycles. The van der Waals surface area contributed by atoms with Crippen molar-refractivity contribution in [3.8, 4) is 5.75 Å². The molecule has 23 heavy (non-hydrogen) atoms. The number of amides is 1. The van der Waals surface area contributed by atoms with E-state index in [0.29, 0.717) is 6.61 Å². The number of hydrogen-bond acceptors (Lipinski definition) is 3. The van der Waals surface area contributed by atoms with Gasteiger partial charge in [0.2, 0.25) is 0 Å². The van der Waals surface area contributed by atoms with E-state index in [0.717, 1.165) is 43.5 Å². The van der Waals surface area contributed by atoms with E-state index < -0.39 is 0 Å². The molecule has 2 aliphatic rings. The summed E-state index contributed by atoms with van der Waals surface area (Å²) in [7, 11) is 0. The number of nitrogens with zero attached hydrogens (tertiary/aromatic N) is 2. The molecule has 3 rings (SSSR count). The molecule has 4 heteroatoms. The summed E-state index contributed by atoms with van der Waals surface area (Å²) in [6, 6.07) is 8.30. The monoisotopic (exact) mass is 316 g/mol. The van der Waals surface area contributed by atoms with Gasteiger partial charge in [0.15, 0.2) is 0 Å². The van der Waals surface area contributed by atoms with Crippen LogP contribution in [-0.2, 0) is 0 Å². The number of rotatable bonds is 4. The van der Waals surface area contributed by atoms with Gasteiger partial charge < -0.3 is 9.64 Å². The summed E-state index contributed by atoms with van der Waals surface area (Å²) in [5, 5.41) is 0. The maximum Gasteiger partial charge on any atom is 0.254 e. The molecule has 0 spiro atoms. The van der Waals surface area contributed by atoms with Crippen LogP contribution in [0, 0.1) is 0 Å². The zero-order valence-corrected chi connectivity index (χ0v) is 14.2.